The molecule has 1 amide bonds. The number of carbonyl (C=O) groups is 1. The molecule has 2 aliphatic rings. The summed E-state index contributed by atoms with van der Waals surface area (Å²) in [5.41, 5.74) is 5.43. The van der Waals surface area contributed by atoms with Gasteiger partial charge in [0.25, 0.3) is 5.91 Å². The number of hydrogen-bond acceptors (Lipinski definition) is 4. The van der Waals surface area contributed by atoms with E-state index in [1.165, 1.54) is 26.2 Å². The zero-order valence-corrected chi connectivity index (χ0v) is 20.2. The Morgan fingerprint density at radius 1 is 1.00 bits per heavy atom. The van der Waals surface area contributed by atoms with Crippen LogP contribution in [0.5, 0.6) is 0 Å². The second kappa shape index (κ2) is 9.08. The highest BCUT2D eigenvalue weighted by molar-refractivity contribution is 7.99. The number of nitrogens with zero attached hydrogens (tertiary/aromatic N) is 3. The Bertz CT molecular complexity index is 1300. The standard InChI is InChI=1S/C27H24ClN3OS/c1-3-4-14-30-23-10-5-6-11-25(23)33-26-16-19(12-13-24(26)30)15-22-18(2)29-31(27(22)32)21-9-7-8-20(28)17-21/h5-13,15-17H,3-4,14H2,1-2H3/b22-15-. The van der Waals surface area contributed by atoms with Gasteiger partial charge in [0.2, 0.25) is 0 Å². The smallest absolute Gasteiger partial charge is 0.280 e. The molecule has 0 saturated carbocycles. The summed E-state index contributed by atoms with van der Waals surface area (Å²) in [6.45, 7) is 5.07. The topological polar surface area (TPSA) is 35.9 Å². The Morgan fingerprint density at radius 3 is 2.64 bits per heavy atom. The van der Waals surface area contributed by atoms with Gasteiger partial charge in [0.05, 0.1) is 28.3 Å². The van der Waals surface area contributed by atoms with Crippen LogP contribution in [-0.4, -0.2) is 18.2 Å². The first-order chi connectivity index (χ1) is 16.0. The highest BCUT2D eigenvalue weighted by atomic mass is 35.5. The van der Waals surface area contributed by atoms with Crippen molar-refractivity contribution in [3.8, 4) is 0 Å². The van der Waals surface area contributed by atoms with Crippen LogP contribution in [0.1, 0.15) is 32.3 Å². The zero-order valence-electron chi connectivity index (χ0n) is 18.6. The third-order valence-electron chi connectivity index (χ3n) is 5.81. The van der Waals surface area contributed by atoms with Crippen molar-refractivity contribution in [3.05, 3.63) is 82.9 Å². The number of benzene rings is 3. The molecule has 3 aromatic rings. The van der Waals surface area contributed by atoms with Crippen molar-refractivity contribution in [2.75, 3.05) is 16.5 Å². The molecule has 33 heavy (non-hydrogen) atoms. The highest BCUT2D eigenvalue weighted by Gasteiger charge is 2.29. The quantitative estimate of drug-likeness (QED) is 0.359. The van der Waals surface area contributed by atoms with Crippen molar-refractivity contribution in [1.82, 2.24) is 0 Å². The molecule has 0 fully saturated rings. The van der Waals surface area contributed by atoms with E-state index < -0.39 is 0 Å². The summed E-state index contributed by atoms with van der Waals surface area (Å²) in [7, 11) is 0. The maximum Gasteiger partial charge on any atom is 0.280 e. The van der Waals surface area contributed by atoms with Crippen LogP contribution in [0.15, 0.2) is 87.2 Å². The molecule has 3 aromatic carbocycles. The van der Waals surface area contributed by atoms with Gasteiger partial charge in [-0.15, -0.1) is 0 Å². The molecule has 0 radical (unpaired) electrons. The lowest BCUT2D eigenvalue weighted by atomic mass is 10.1. The molecule has 0 N–H and O–H groups in total. The minimum atomic E-state index is -0.143. The van der Waals surface area contributed by atoms with Gasteiger partial charge in [0, 0.05) is 21.4 Å². The molecular formula is C27H24ClN3OS. The number of hydrogen-bond donors (Lipinski definition) is 0. The van der Waals surface area contributed by atoms with E-state index in [2.05, 4.69) is 59.4 Å². The van der Waals surface area contributed by atoms with Gasteiger partial charge in [-0.05, 0) is 67.4 Å². The van der Waals surface area contributed by atoms with E-state index >= 15 is 0 Å². The van der Waals surface area contributed by atoms with E-state index in [9.17, 15) is 4.79 Å². The lowest BCUT2D eigenvalue weighted by Crippen LogP contribution is -2.22. The summed E-state index contributed by atoms with van der Waals surface area (Å²) in [4.78, 5) is 18.0. The Labute approximate surface area is 203 Å². The molecule has 6 heteroatoms. The molecule has 0 atom stereocenters. The van der Waals surface area contributed by atoms with E-state index in [1.807, 2.05) is 25.1 Å². The number of carbonyl (C=O) groups excluding carboxylic acids is 1. The van der Waals surface area contributed by atoms with Crippen LogP contribution in [0.25, 0.3) is 6.08 Å². The van der Waals surface area contributed by atoms with Gasteiger partial charge in [-0.3, -0.25) is 4.79 Å². The first-order valence-corrected chi connectivity index (χ1v) is 12.3. The van der Waals surface area contributed by atoms with Gasteiger partial charge in [0.15, 0.2) is 0 Å². The minimum Gasteiger partial charge on any atom is -0.340 e. The summed E-state index contributed by atoms with van der Waals surface area (Å²) in [6, 6.07) is 22.2. The van der Waals surface area contributed by atoms with Crippen LogP contribution in [-0.2, 0) is 4.79 Å². The minimum absolute atomic E-state index is 0.143. The Balaban J connectivity index is 1.47. The molecule has 0 aliphatic carbocycles. The van der Waals surface area contributed by atoms with Gasteiger partial charge >= 0.3 is 0 Å². The third kappa shape index (κ3) is 4.19. The Kier molecular flexibility index (Phi) is 6.00. The number of halogens is 1. The number of unbranched alkanes of at least 4 members (excludes halogenated alkanes) is 1. The first-order valence-electron chi connectivity index (χ1n) is 11.1. The summed E-state index contributed by atoms with van der Waals surface area (Å²) in [6.07, 6.45) is 4.21. The van der Waals surface area contributed by atoms with Crippen molar-refractivity contribution >= 4 is 58.1 Å². The second-order valence-corrected chi connectivity index (χ2v) is 9.66. The normalized spacial score (nSPS) is 16.2. The van der Waals surface area contributed by atoms with Crippen molar-refractivity contribution in [1.29, 1.82) is 0 Å². The number of anilines is 3. The molecule has 0 unspecified atom stereocenters. The van der Waals surface area contributed by atoms with Gasteiger partial charge in [-0.1, -0.05) is 61.0 Å². The number of para-hydroxylation sites is 1. The molecule has 0 saturated heterocycles. The molecule has 0 bridgehead atoms. The molecule has 2 heterocycles. The van der Waals surface area contributed by atoms with Crippen LogP contribution in [0.2, 0.25) is 5.02 Å². The fraction of sp³-hybridized carbons (Fsp3) is 0.185. The molecule has 0 spiro atoms. The summed E-state index contributed by atoms with van der Waals surface area (Å²) >= 11 is 7.89. The van der Waals surface area contributed by atoms with Crippen LogP contribution < -0.4 is 9.91 Å². The van der Waals surface area contributed by atoms with Crippen LogP contribution >= 0.6 is 23.4 Å². The zero-order chi connectivity index (χ0) is 22.9. The Morgan fingerprint density at radius 2 is 1.82 bits per heavy atom. The predicted octanol–water partition coefficient (Wildman–Crippen LogP) is 7.55. The van der Waals surface area contributed by atoms with Crippen molar-refractivity contribution in [3.63, 3.8) is 0 Å². The number of rotatable bonds is 5. The van der Waals surface area contributed by atoms with E-state index in [0.717, 1.165) is 24.9 Å². The van der Waals surface area contributed by atoms with E-state index in [0.29, 0.717) is 22.0 Å². The van der Waals surface area contributed by atoms with E-state index in [-0.39, 0.29) is 5.91 Å². The largest absolute Gasteiger partial charge is 0.340 e. The molecule has 2 aliphatic heterocycles. The Hall–Kier alpha value is -3.02. The van der Waals surface area contributed by atoms with E-state index in [4.69, 9.17) is 11.6 Å². The number of fused-ring (bicyclic) bond motifs is 2. The van der Waals surface area contributed by atoms with Gasteiger partial charge in [0.1, 0.15) is 0 Å². The molecule has 0 aromatic heterocycles. The van der Waals surface area contributed by atoms with Crippen LogP contribution in [0.4, 0.5) is 17.1 Å². The van der Waals surface area contributed by atoms with Gasteiger partial charge in [-0.25, -0.2) is 0 Å². The van der Waals surface area contributed by atoms with Gasteiger partial charge < -0.3 is 4.90 Å². The molecule has 166 valence electrons. The van der Waals surface area contributed by atoms with Crippen LogP contribution in [0.3, 0.4) is 0 Å². The summed E-state index contributed by atoms with van der Waals surface area (Å²) < 4.78 is 0. The fourth-order valence-corrected chi connectivity index (χ4v) is 5.46. The fourth-order valence-electron chi connectivity index (χ4n) is 4.13. The van der Waals surface area contributed by atoms with Crippen molar-refractivity contribution < 1.29 is 4.79 Å². The van der Waals surface area contributed by atoms with Gasteiger partial charge in [-0.2, -0.15) is 10.1 Å². The third-order valence-corrected chi connectivity index (χ3v) is 7.16. The lowest BCUT2D eigenvalue weighted by molar-refractivity contribution is -0.114. The van der Waals surface area contributed by atoms with Crippen molar-refractivity contribution in [2.45, 2.75) is 36.5 Å². The average molecular weight is 474 g/mol. The highest BCUT2D eigenvalue weighted by Crippen LogP contribution is 2.48. The predicted molar refractivity (Wildman–Crippen MR) is 139 cm³/mol. The van der Waals surface area contributed by atoms with E-state index in [1.54, 1.807) is 23.9 Å². The maximum atomic E-state index is 13.1. The second-order valence-electron chi connectivity index (χ2n) is 8.14. The molecule has 5 rings (SSSR count). The summed E-state index contributed by atoms with van der Waals surface area (Å²) in [5, 5.41) is 6.48. The average Bonchev–Trinajstić information content (AvgIpc) is 3.10. The summed E-state index contributed by atoms with van der Waals surface area (Å²) in [5.74, 6) is -0.143. The monoisotopic (exact) mass is 473 g/mol. The van der Waals surface area contributed by atoms with Crippen LogP contribution in [0, 0.1) is 0 Å². The lowest BCUT2D eigenvalue weighted by Gasteiger charge is -2.33. The first kappa shape index (κ1) is 21.8. The SMILES string of the molecule is CCCCN1c2ccccc2Sc2cc(/C=C3\C(=O)N(c4cccc(Cl)c4)N=C3C)ccc21. The number of amides is 1. The maximum absolute atomic E-state index is 13.1. The molecular weight excluding hydrogens is 450 g/mol. The number of hydrazone groups is 1. The van der Waals surface area contributed by atoms with Crippen molar-refractivity contribution in [2.24, 2.45) is 5.10 Å². The molecule has 4 nitrogen and oxygen atoms in total.